The van der Waals surface area contributed by atoms with Crippen LogP contribution in [0.4, 0.5) is 5.69 Å². The molecule has 3 N–H and O–H groups in total. The number of nitrogens with zero attached hydrogens (tertiary/aromatic N) is 1. The van der Waals surface area contributed by atoms with Crippen molar-refractivity contribution in [3.05, 3.63) is 40.0 Å². The van der Waals surface area contributed by atoms with Gasteiger partial charge in [0.25, 0.3) is 10.0 Å². The smallest absolute Gasteiger partial charge is 0.273 e. The molecule has 8 heteroatoms. The Hall–Kier alpha value is -1.59. The van der Waals surface area contributed by atoms with Crippen molar-refractivity contribution in [2.75, 3.05) is 11.3 Å². The van der Waals surface area contributed by atoms with Crippen LogP contribution in [-0.4, -0.2) is 19.9 Å². The van der Waals surface area contributed by atoms with Gasteiger partial charge in [-0.25, -0.2) is 13.4 Å². The fraction of sp³-hybridized carbons (Fsp3) is 0.154. The van der Waals surface area contributed by atoms with Crippen LogP contribution in [0.5, 0.6) is 0 Å². The number of nitrogens with two attached hydrogens (primary N) is 1. The van der Waals surface area contributed by atoms with Gasteiger partial charge in [-0.1, -0.05) is 23.4 Å². The molecule has 0 radical (unpaired) electrons. The molecule has 0 bridgehead atoms. The van der Waals surface area contributed by atoms with Crippen molar-refractivity contribution in [1.29, 1.82) is 0 Å². The van der Waals surface area contributed by atoms with Crippen LogP contribution in [0.25, 0.3) is 0 Å². The normalized spacial score (nSPS) is 10.8. The number of thiazole rings is 1. The topological polar surface area (TPSA) is 85.1 Å². The van der Waals surface area contributed by atoms with E-state index < -0.39 is 10.0 Å². The van der Waals surface area contributed by atoms with Gasteiger partial charge in [0.1, 0.15) is 0 Å². The standard InChI is InChI=1S/C13H12ClN3O2S2/c1-9-16-8-13(20-9)21(18,19)17-11-4-5-12(14)10(7-11)3-2-6-15/h4-5,7-8,17H,6,15H2,1H3. The summed E-state index contributed by atoms with van der Waals surface area (Å²) in [6, 6.07) is 4.72. The zero-order valence-electron chi connectivity index (χ0n) is 11.1. The number of benzene rings is 1. The predicted octanol–water partition coefficient (Wildman–Crippen LogP) is 2.22. The summed E-state index contributed by atoms with van der Waals surface area (Å²) in [6.45, 7) is 1.94. The molecule has 0 spiro atoms. The maximum atomic E-state index is 12.2. The van der Waals surface area contributed by atoms with E-state index in [0.717, 1.165) is 11.3 Å². The second-order valence-corrected chi connectivity index (χ2v) is 7.56. The second kappa shape index (κ2) is 6.45. The van der Waals surface area contributed by atoms with Crippen LogP contribution in [0.2, 0.25) is 5.02 Å². The minimum atomic E-state index is -3.65. The van der Waals surface area contributed by atoms with Crippen LogP contribution in [0.1, 0.15) is 10.6 Å². The second-order valence-electron chi connectivity index (χ2n) is 4.00. The van der Waals surface area contributed by atoms with E-state index in [4.69, 9.17) is 17.3 Å². The number of nitrogens with one attached hydrogen (secondary N) is 1. The molecule has 0 aliphatic carbocycles. The van der Waals surface area contributed by atoms with Gasteiger partial charge in [-0.2, -0.15) is 0 Å². The van der Waals surface area contributed by atoms with Gasteiger partial charge in [-0.05, 0) is 25.1 Å². The number of hydrogen-bond donors (Lipinski definition) is 2. The molecule has 0 amide bonds. The van der Waals surface area contributed by atoms with Crippen LogP contribution in [0.15, 0.2) is 28.6 Å². The molecule has 5 nitrogen and oxygen atoms in total. The largest absolute Gasteiger partial charge is 0.320 e. The maximum Gasteiger partial charge on any atom is 0.273 e. The molecule has 2 aromatic rings. The Balaban J connectivity index is 2.31. The third-order valence-electron chi connectivity index (χ3n) is 2.41. The summed E-state index contributed by atoms with van der Waals surface area (Å²) in [4.78, 5) is 3.94. The summed E-state index contributed by atoms with van der Waals surface area (Å²) in [7, 11) is -3.65. The van der Waals surface area contributed by atoms with Crippen LogP contribution in [0.3, 0.4) is 0 Å². The third kappa shape index (κ3) is 3.95. The lowest BCUT2D eigenvalue weighted by atomic mass is 10.2. The molecular weight excluding hydrogens is 330 g/mol. The van der Waals surface area contributed by atoms with Crippen molar-refractivity contribution in [2.45, 2.75) is 11.1 Å². The van der Waals surface area contributed by atoms with E-state index in [1.54, 1.807) is 25.1 Å². The van der Waals surface area contributed by atoms with Gasteiger partial charge in [0, 0.05) is 5.56 Å². The average Bonchev–Trinajstić information content (AvgIpc) is 2.86. The van der Waals surface area contributed by atoms with E-state index in [0.29, 0.717) is 21.3 Å². The van der Waals surface area contributed by atoms with Crippen molar-refractivity contribution < 1.29 is 8.42 Å². The van der Waals surface area contributed by atoms with E-state index in [1.807, 2.05) is 0 Å². The van der Waals surface area contributed by atoms with Crippen LogP contribution in [0, 0.1) is 18.8 Å². The number of anilines is 1. The first-order valence-corrected chi connectivity index (χ1v) is 8.54. The zero-order chi connectivity index (χ0) is 15.5. The quantitative estimate of drug-likeness (QED) is 0.838. The summed E-state index contributed by atoms with van der Waals surface area (Å²) < 4.78 is 27.0. The molecule has 0 saturated heterocycles. The highest BCUT2D eigenvalue weighted by Gasteiger charge is 2.17. The van der Waals surface area contributed by atoms with Gasteiger partial charge in [-0.15, -0.1) is 11.3 Å². The first-order valence-electron chi connectivity index (χ1n) is 5.86. The van der Waals surface area contributed by atoms with Gasteiger partial charge in [-0.3, -0.25) is 4.72 Å². The van der Waals surface area contributed by atoms with Crippen LogP contribution in [-0.2, 0) is 10.0 Å². The van der Waals surface area contributed by atoms with E-state index in [-0.39, 0.29) is 10.8 Å². The fourth-order valence-corrected chi connectivity index (χ4v) is 3.82. The number of hydrogen-bond acceptors (Lipinski definition) is 5. The number of sulfonamides is 1. The Labute approximate surface area is 132 Å². The van der Waals surface area contributed by atoms with E-state index in [2.05, 4.69) is 21.5 Å². The first-order chi connectivity index (χ1) is 9.92. The lowest BCUT2D eigenvalue weighted by Crippen LogP contribution is -2.11. The van der Waals surface area contributed by atoms with Crippen molar-refractivity contribution in [2.24, 2.45) is 5.73 Å². The molecule has 1 heterocycles. The number of aromatic nitrogens is 1. The van der Waals surface area contributed by atoms with Crippen molar-refractivity contribution in [3.8, 4) is 11.8 Å². The third-order valence-corrected chi connectivity index (χ3v) is 5.49. The Kier molecular flexibility index (Phi) is 4.85. The summed E-state index contributed by atoms with van der Waals surface area (Å²) in [6.07, 6.45) is 1.33. The van der Waals surface area contributed by atoms with Crippen molar-refractivity contribution in [3.63, 3.8) is 0 Å². The molecule has 0 unspecified atom stereocenters. The Morgan fingerprint density at radius 3 is 2.86 bits per heavy atom. The molecule has 2 rings (SSSR count). The van der Waals surface area contributed by atoms with Gasteiger partial charge in [0.2, 0.25) is 0 Å². The number of rotatable bonds is 3. The summed E-state index contributed by atoms with van der Waals surface area (Å²) in [5, 5.41) is 1.12. The molecular formula is C13H12ClN3O2S2. The molecule has 1 aromatic heterocycles. The predicted molar refractivity (Wildman–Crippen MR) is 85.0 cm³/mol. The Morgan fingerprint density at radius 2 is 2.24 bits per heavy atom. The lowest BCUT2D eigenvalue weighted by Gasteiger charge is -2.07. The summed E-state index contributed by atoms with van der Waals surface area (Å²) in [5.41, 5.74) is 6.21. The Bertz CT molecular complexity index is 819. The van der Waals surface area contributed by atoms with Crippen molar-refractivity contribution >= 4 is 38.6 Å². The van der Waals surface area contributed by atoms with E-state index in [1.165, 1.54) is 6.20 Å². The molecule has 0 atom stereocenters. The minimum Gasteiger partial charge on any atom is -0.320 e. The molecule has 110 valence electrons. The molecule has 0 aliphatic heterocycles. The molecule has 21 heavy (non-hydrogen) atoms. The molecule has 0 aliphatic rings. The summed E-state index contributed by atoms with van der Waals surface area (Å²) in [5.74, 6) is 5.47. The monoisotopic (exact) mass is 341 g/mol. The molecule has 0 fully saturated rings. The van der Waals surface area contributed by atoms with Crippen molar-refractivity contribution in [1.82, 2.24) is 4.98 Å². The van der Waals surface area contributed by atoms with E-state index in [9.17, 15) is 8.42 Å². The highest BCUT2D eigenvalue weighted by Crippen LogP contribution is 2.24. The minimum absolute atomic E-state index is 0.157. The highest BCUT2D eigenvalue weighted by molar-refractivity contribution is 7.94. The van der Waals surface area contributed by atoms with Crippen LogP contribution < -0.4 is 10.5 Å². The van der Waals surface area contributed by atoms with Gasteiger partial charge < -0.3 is 5.73 Å². The zero-order valence-corrected chi connectivity index (χ0v) is 13.4. The SMILES string of the molecule is Cc1ncc(S(=O)(=O)Nc2ccc(Cl)c(C#CCN)c2)s1. The number of aryl methyl sites for hydroxylation is 1. The molecule has 0 saturated carbocycles. The first kappa shape index (κ1) is 15.8. The van der Waals surface area contributed by atoms with Gasteiger partial charge in [0.05, 0.1) is 28.5 Å². The number of halogens is 1. The highest BCUT2D eigenvalue weighted by atomic mass is 35.5. The average molecular weight is 342 g/mol. The lowest BCUT2D eigenvalue weighted by molar-refractivity contribution is 0.603. The molecule has 1 aromatic carbocycles. The van der Waals surface area contributed by atoms with E-state index >= 15 is 0 Å². The van der Waals surface area contributed by atoms with Gasteiger partial charge >= 0.3 is 0 Å². The summed E-state index contributed by atoms with van der Waals surface area (Å²) >= 11 is 7.10. The van der Waals surface area contributed by atoms with Crippen LogP contribution >= 0.6 is 22.9 Å². The van der Waals surface area contributed by atoms with Gasteiger partial charge in [0.15, 0.2) is 4.21 Å². The Morgan fingerprint density at radius 1 is 1.48 bits per heavy atom. The maximum absolute atomic E-state index is 12.2. The fourth-order valence-electron chi connectivity index (χ4n) is 1.50.